The van der Waals surface area contributed by atoms with Crippen molar-refractivity contribution in [1.29, 1.82) is 0 Å². The second-order valence-electron chi connectivity index (χ2n) is 1.21. The third-order valence-corrected chi connectivity index (χ3v) is 1.74. The van der Waals surface area contributed by atoms with Gasteiger partial charge in [0, 0.05) is 5.38 Å². The van der Waals surface area contributed by atoms with Gasteiger partial charge in [0.15, 0.2) is 3.95 Å². The lowest BCUT2D eigenvalue weighted by Crippen LogP contribution is -1.66. The number of H-pyrrole nitrogens is 1. The summed E-state index contributed by atoms with van der Waals surface area (Å²) in [6.45, 7) is 0. The van der Waals surface area contributed by atoms with Crippen molar-refractivity contribution >= 4 is 23.6 Å². The van der Waals surface area contributed by atoms with Gasteiger partial charge in [-0.3, -0.25) is 0 Å². The number of rotatable bonds is 0. The van der Waals surface area contributed by atoms with Crippen LogP contribution in [-0.2, 0) is 0 Å². The summed E-state index contributed by atoms with van der Waals surface area (Å²) < 4.78 is 0.734. The lowest BCUT2D eigenvalue weighted by Gasteiger charge is -1.70. The van der Waals surface area contributed by atoms with Gasteiger partial charge in [0.05, 0.1) is 0 Å². The summed E-state index contributed by atoms with van der Waals surface area (Å²) >= 11 is 6.21. The van der Waals surface area contributed by atoms with Crippen LogP contribution in [0.5, 0.6) is 0 Å². The van der Waals surface area contributed by atoms with Crippen molar-refractivity contribution in [3.05, 3.63) is 15.0 Å². The summed E-state index contributed by atoms with van der Waals surface area (Å²) in [7, 11) is 0. The molecule has 3 heteroatoms. The monoisotopic (exact) mass is 141 g/mol. The minimum Gasteiger partial charge on any atom is -0.330 e. The summed E-state index contributed by atoms with van der Waals surface area (Å²) in [4.78, 5) is 2.82. The summed E-state index contributed by atoms with van der Waals surface area (Å²) in [6.07, 6.45) is 5.04. The Hall–Kier alpha value is -0.590. The predicted molar refractivity (Wildman–Crippen MR) is 37.4 cm³/mol. The first-order valence-corrected chi connectivity index (χ1v) is 3.26. The van der Waals surface area contributed by atoms with E-state index in [0.29, 0.717) is 0 Å². The molecule has 0 saturated carbocycles. The van der Waals surface area contributed by atoms with Crippen molar-refractivity contribution in [3.8, 4) is 12.3 Å². The fourth-order valence-corrected chi connectivity index (χ4v) is 1.13. The van der Waals surface area contributed by atoms with Crippen LogP contribution in [0.3, 0.4) is 0 Å². The molecule has 0 unspecified atom stereocenters. The summed E-state index contributed by atoms with van der Waals surface area (Å²) in [5, 5.41) is 1.82. The fraction of sp³-hybridized carbons (Fsp3) is 0. The number of aromatic amines is 1. The Kier molecular flexibility index (Phi) is 1.47. The lowest BCUT2D eigenvalue weighted by molar-refractivity contribution is 1.35. The number of hydrogen-bond acceptors (Lipinski definition) is 2. The Bertz CT molecular complexity index is 262. The van der Waals surface area contributed by atoms with Gasteiger partial charge in [0.25, 0.3) is 0 Å². The van der Waals surface area contributed by atoms with Crippen LogP contribution in [0, 0.1) is 16.3 Å². The maximum atomic E-state index is 5.04. The first-order chi connectivity index (χ1) is 3.83. The molecule has 0 fully saturated rings. The van der Waals surface area contributed by atoms with Crippen LogP contribution in [-0.4, -0.2) is 4.98 Å². The van der Waals surface area contributed by atoms with Gasteiger partial charge in [-0.25, -0.2) is 0 Å². The van der Waals surface area contributed by atoms with Gasteiger partial charge in [-0.1, -0.05) is 5.92 Å². The quantitative estimate of drug-likeness (QED) is 0.430. The molecular formula is C5H3NS2. The zero-order valence-electron chi connectivity index (χ0n) is 3.97. The number of aromatic nitrogens is 1. The van der Waals surface area contributed by atoms with Crippen LogP contribution >= 0.6 is 23.6 Å². The van der Waals surface area contributed by atoms with Crippen LogP contribution in [0.15, 0.2) is 5.38 Å². The molecule has 8 heavy (non-hydrogen) atoms. The maximum Gasteiger partial charge on any atom is 0.159 e. The largest absolute Gasteiger partial charge is 0.330 e. The molecule has 1 nitrogen and oxygen atoms in total. The SMILES string of the molecule is C#Cc1csc(=S)[nH]1. The van der Waals surface area contributed by atoms with E-state index in [9.17, 15) is 0 Å². The first kappa shape index (κ1) is 5.54. The molecule has 0 spiro atoms. The average molecular weight is 141 g/mol. The van der Waals surface area contributed by atoms with E-state index in [1.807, 2.05) is 5.38 Å². The molecule has 0 amide bonds. The van der Waals surface area contributed by atoms with E-state index in [1.165, 1.54) is 11.3 Å². The molecule has 1 aromatic heterocycles. The molecule has 0 aliphatic heterocycles. The van der Waals surface area contributed by atoms with Gasteiger partial charge < -0.3 is 4.98 Å². The molecule has 0 aliphatic carbocycles. The van der Waals surface area contributed by atoms with Gasteiger partial charge in [0.2, 0.25) is 0 Å². The number of hydrogen-bond donors (Lipinski definition) is 1. The third-order valence-electron chi connectivity index (χ3n) is 0.676. The zero-order chi connectivity index (χ0) is 5.98. The molecule has 0 bridgehead atoms. The second kappa shape index (κ2) is 2.12. The Morgan fingerprint density at radius 3 is 2.88 bits per heavy atom. The van der Waals surface area contributed by atoms with Crippen LogP contribution in [0.1, 0.15) is 5.69 Å². The highest BCUT2D eigenvalue weighted by molar-refractivity contribution is 7.73. The average Bonchev–Trinajstić information content (AvgIpc) is 2.14. The fourth-order valence-electron chi connectivity index (χ4n) is 0.351. The van der Waals surface area contributed by atoms with Crippen LogP contribution in [0.2, 0.25) is 0 Å². The molecule has 0 atom stereocenters. The molecule has 0 saturated heterocycles. The minimum absolute atomic E-state index is 0.734. The molecule has 1 heterocycles. The standard InChI is InChI=1S/C5H3NS2/c1-2-4-3-8-5(7)6-4/h1,3H,(H,6,7). The van der Waals surface area contributed by atoms with Crippen molar-refractivity contribution in [1.82, 2.24) is 4.98 Å². The number of terminal acetylenes is 1. The molecular weight excluding hydrogens is 138 g/mol. The molecule has 1 rings (SSSR count). The predicted octanol–water partition coefficient (Wildman–Crippen LogP) is 1.79. The van der Waals surface area contributed by atoms with Crippen molar-refractivity contribution in [2.75, 3.05) is 0 Å². The van der Waals surface area contributed by atoms with E-state index in [2.05, 4.69) is 10.9 Å². The van der Waals surface area contributed by atoms with Crippen LogP contribution < -0.4 is 0 Å². The van der Waals surface area contributed by atoms with E-state index in [0.717, 1.165) is 9.65 Å². The van der Waals surface area contributed by atoms with E-state index in [-0.39, 0.29) is 0 Å². The molecule has 1 N–H and O–H groups in total. The molecule has 1 aromatic rings. The topological polar surface area (TPSA) is 15.8 Å². The van der Waals surface area contributed by atoms with Crippen molar-refractivity contribution in [3.63, 3.8) is 0 Å². The van der Waals surface area contributed by atoms with E-state index in [1.54, 1.807) is 0 Å². The summed E-state index contributed by atoms with van der Waals surface area (Å²) in [6, 6.07) is 0. The van der Waals surface area contributed by atoms with E-state index >= 15 is 0 Å². The molecule has 0 radical (unpaired) electrons. The van der Waals surface area contributed by atoms with Gasteiger partial charge in [-0.15, -0.1) is 17.8 Å². The van der Waals surface area contributed by atoms with Crippen molar-refractivity contribution < 1.29 is 0 Å². The first-order valence-electron chi connectivity index (χ1n) is 1.97. The van der Waals surface area contributed by atoms with Gasteiger partial charge >= 0.3 is 0 Å². The highest BCUT2D eigenvalue weighted by Crippen LogP contribution is 2.01. The normalized spacial score (nSPS) is 8.38. The smallest absolute Gasteiger partial charge is 0.159 e. The van der Waals surface area contributed by atoms with E-state index in [4.69, 9.17) is 18.6 Å². The number of thiazole rings is 1. The Labute approximate surface area is 56.4 Å². The highest BCUT2D eigenvalue weighted by atomic mass is 32.1. The molecule has 40 valence electrons. The van der Waals surface area contributed by atoms with Crippen LogP contribution in [0.25, 0.3) is 0 Å². The Balaban J connectivity index is 3.25. The van der Waals surface area contributed by atoms with Gasteiger partial charge in [-0.2, -0.15) is 0 Å². The Morgan fingerprint density at radius 2 is 2.62 bits per heavy atom. The summed E-state index contributed by atoms with van der Waals surface area (Å²) in [5.74, 6) is 2.44. The highest BCUT2D eigenvalue weighted by Gasteiger charge is 1.83. The van der Waals surface area contributed by atoms with Gasteiger partial charge in [-0.05, 0) is 12.2 Å². The Morgan fingerprint density at radius 1 is 1.88 bits per heavy atom. The minimum atomic E-state index is 0.734. The maximum absolute atomic E-state index is 5.04. The molecule has 0 aromatic carbocycles. The van der Waals surface area contributed by atoms with Crippen molar-refractivity contribution in [2.24, 2.45) is 0 Å². The van der Waals surface area contributed by atoms with Gasteiger partial charge in [0.1, 0.15) is 5.69 Å². The number of nitrogens with one attached hydrogen (secondary N) is 1. The molecule has 0 aliphatic rings. The van der Waals surface area contributed by atoms with Crippen LogP contribution in [0.4, 0.5) is 0 Å². The summed E-state index contributed by atoms with van der Waals surface area (Å²) in [5.41, 5.74) is 0.764. The zero-order valence-corrected chi connectivity index (χ0v) is 5.60. The van der Waals surface area contributed by atoms with E-state index < -0.39 is 0 Å². The third kappa shape index (κ3) is 0.971. The lowest BCUT2D eigenvalue weighted by atomic mass is 10.5. The van der Waals surface area contributed by atoms with Crippen molar-refractivity contribution in [2.45, 2.75) is 0 Å². The second-order valence-corrected chi connectivity index (χ2v) is 2.75.